The Hall–Kier alpha value is -1.01. The van der Waals surface area contributed by atoms with Crippen molar-refractivity contribution in [3.63, 3.8) is 0 Å². The van der Waals surface area contributed by atoms with E-state index in [0.717, 1.165) is 0 Å². The van der Waals surface area contributed by atoms with Gasteiger partial charge in [0.15, 0.2) is 11.6 Å². The van der Waals surface area contributed by atoms with E-state index in [1.807, 2.05) is 0 Å². The Morgan fingerprint density at radius 2 is 1.00 bits per heavy atom. The van der Waals surface area contributed by atoms with E-state index in [2.05, 4.69) is 0 Å². The third-order valence-corrected chi connectivity index (χ3v) is 1.41. The third kappa shape index (κ3) is 15.0. The molecule has 0 aromatic heterocycles. The normalized spacial score (nSPS) is 8.12. The van der Waals surface area contributed by atoms with Gasteiger partial charge in [-0.05, 0) is 12.8 Å². The number of rotatable bonds is 6. The van der Waals surface area contributed by atoms with Gasteiger partial charge in [-0.15, -0.1) is 0 Å². The van der Waals surface area contributed by atoms with Gasteiger partial charge in [0.2, 0.25) is 0 Å². The van der Waals surface area contributed by atoms with E-state index in [1.54, 1.807) is 13.8 Å². The minimum atomic E-state index is -1.58. The Labute approximate surface area is 114 Å². The first-order chi connectivity index (χ1) is 7.36. The Morgan fingerprint density at radius 1 is 0.765 bits per heavy atom. The maximum atomic E-state index is 10.1. The molecule has 0 aliphatic rings. The molecule has 0 radical (unpaired) electrons. The van der Waals surface area contributed by atoms with Crippen molar-refractivity contribution in [2.75, 3.05) is 0 Å². The molecule has 0 bridgehead atoms. The second-order valence-electron chi connectivity index (χ2n) is 2.92. The number of carbonyl (C=O) groups is 4. The molecule has 6 nitrogen and oxygen atoms in total. The van der Waals surface area contributed by atoms with Crippen molar-refractivity contribution in [1.82, 2.24) is 0 Å². The van der Waals surface area contributed by atoms with Crippen LogP contribution in [0.2, 0.25) is 0 Å². The van der Waals surface area contributed by atoms with Gasteiger partial charge in [-0.25, -0.2) is 0 Å². The van der Waals surface area contributed by atoms with Crippen molar-refractivity contribution in [3.05, 3.63) is 0 Å². The molecule has 0 unspecified atom stereocenters. The first kappa shape index (κ1) is 21.3. The summed E-state index contributed by atoms with van der Waals surface area (Å²) in [6.45, 7) is 3.47. The molecule has 7 heteroatoms. The van der Waals surface area contributed by atoms with Crippen LogP contribution in [0.1, 0.15) is 39.5 Å². The molecule has 0 fully saturated rings. The van der Waals surface area contributed by atoms with Gasteiger partial charge in [0.1, 0.15) is 11.9 Å². The van der Waals surface area contributed by atoms with Crippen LogP contribution in [0.15, 0.2) is 0 Å². The van der Waals surface area contributed by atoms with Gasteiger partial charge in [-0.3, -0.25) is 9.59 Å². The summed E-state index contributed by atoms with van der Waals surface area (Å²) in [5, 5.41) is 19.3. The van der Waals surface area contributed by atoms with Crippen LogP contribution in [0, 0.1) is 0 Å². The maximum absolute atomic E-state index is 10.1. The number of aliphatic carboxylic acids is 2. The van der Waals surface area contributed by atoms with E-state index in [0.29, 0.717) is 12.8 Å². The molecule has 0 aliphatic carbocycles. The molecule has 0 saturated carbocycles. The molecule has 17 heavy (non-hydrogen) atoms. The van der Waals surface area contributed by atoms with Crippen LogP contribution in [0.5, 0.6) is 0 Å². The summed E-state index contributed by atoms with van der Waals surface area (Å²) in [5.41, 5.74) is 0. The van der Waals surface area contributed by atoms with Gasteiger partial charge in [-0.2, -0.15) is 0 Å². The van der Waals surface area contributed by atoms with E-state index in [4.69, 9.17) is 0 Å². The standard InChI is InChI=1S/2C5H8O3.Ti/c2*1-2-3-4(6)5(7)8;/h2*2-3H2,1H3,(H,7,8);/q;;+2/p-2. The van der Waals surface area contributed by atoms with Gasteiger partial charge >= 0.3 is 21.7 Å². The van der Waals surface area contributed by atoms with Crippen LogP contribution in [-0.2, 0) is 40.9 Å². The van der Waals surface area contributed by atoms with Crippen LogP contribution in [0.4, 0.5) is 0 Å². The summed E-state index contributed by atoms with van der Waals surface area (Å²) in [6.07, 6.45) is 1.30. The molecule has 0 spiro atoms. The second-order valence-corrected chi connectivity index (χ2v) is 2.92. The first-order valence-corrected chi connectivity index (χ1v) is 4.85. The van der Waals surface area contributed by atoms with E-state index >= 15 is 0 Å². The summed E-state index contributed by atoms with van der Waals surface area (Å²) in [4.78, 5) is 39.4. The summed E-state index contributed by atoms with van der Waals surface area (Å²) in [5.74, 6) is -4.78. The Morgan fingerprint density at radius 3 is 1.06 bits per heavy atom. The molecular weight excluding hydrogens is 264 g/mol. The molecule has 94 valence electrons. The predicted molar refractivity (Wildman–Crippen MR) is 49.8 cm³/mol. The summed E-state index contributed by atoms with van der Waals surface area (Å²) in [6, 6.07) is 0. The topological polar surface area (TPSA) is 114 Å². The summed E-state index contributed by atoms with van der Waals surface area (Å²) >= 11 is 0. The minimum Gasteiger partial charge on any atom is -0.542 e. The largest absolute Gasteiger partial charge is 2.00 e. The fourth-order valence-electron chi connectivity index (χ4n) is 0.658. The number of carbonyl (C=O) groups excluding carboxylic acids is 4. The molecule has 0 rings (SSSR count). The van der Waals surface area contributed by atoms with E-state index in [9.17, 15) is 29.4 Å². The minimum absolute atomic E-state index is 0. The average molecular weight is 278 g/mol. The van der Waals surface area contributed by atoms with Crippen LogP contribution < -0.4 is 10.2 Å². The zero-order chi connectivity index (χ0) is 13.1. The van der Waals surface area contributed by atoms with Crippen molar-refractivity contribution in [2.24, 2.45) is 0 Å². The smallest absolute Gasteiger partial charge is 0.542 e. The average Bonchev–Trinajstić information content (AvgIpc) is 2.19. The zero-order valence-electron chi connectivity index (χ0n) is 9.78. The molecule has 0 heterocycles. The molecule has 0 atom stereocenters. The number of carboxylic acids is 2. The van der Waals surface area contributed by atoms with Gasteiger partial charge in [0, 0.05) is 12.8 Å². The predicted octanol–water partition coefficient (Wildman–Crippen LogP) is -1.79. The molecule has 0 aliphatic heterocycles. The first-order valence-electron chi connectivity index (χ1n) is 4.85. The van der Waals surface area contributed by atoms with Crippen molar-refractivity contribution in [3.8, 4) is 0 Å². The number of hydrogen-bond donors (Lipinski definition) is 0. The fourth-order valence-corrected chi connectivity index (χ4v) is 0.658. The Kier molecular flexibility index (Phi) is 16.4. The molecule has 0 amide bonds. The van der Waals surface area contributed by atoms with Crippen LogP contribution in [0.25, 0.3) is 0 Å². The van der Waals surface area contributed by atoms with E-state index < -0.39 is 23.5 Å². The number of hydrogen-bond acceptors (Lipinski definition) is 6. The van der Waals surface area contributed by atoms with Crippen LogP contribution >= 0.6 is 0 Å². The van der Waals surface area contributed by atoms with Crippen molar-refractivity contribution in [1.29, 1.82) is 0 Å². The summed E-state index contributed by atoms with van der Waals surface area (Å²) in [7, 11) is 0. The monoisotopic (exact) mass is 278 g/mol. The van der Waals surface area contributed by atoms with Gasteiger partial charge < -0.3 is 19.8 Å². The Bertz CT molecular complexity index is 246. The van der Waals surface area contributed by atoms with Gasteiger partial charge in [0.05, 0.1) is 0 Å². The van der Waals surface area contributed by atoms with Crippen LogP contribution in [0.3, 0.4) is 0 Å². The Balaban J connectivity index is -0.000000218. The van der Waals surface area contributed by atoms with Crippen LogP contribution in [-0.4, -0.2) is 23.5 Å². The number of carboxylic acid groups (broad SMARTS) is 2. The summed E-state index contributed by atoms with van der Waals surface area (Å²) < 4.78 is 0. The van der Waals surface area contributed by atoms with Gasteiger partial charge in [0.25, 0.3) is 0 Å². The maximum Gasteiger partial charge on any atom is 2.00 e. The van der Waals surface area contributed by atoms with Gasteiger partial charge in [-0.1, -0.05) is 13.8 Å². The number of Topliss-reactive ketones (excluding diaryl/α,β-unsaturated/α-hetero) is 2. The SMILES string of the molecule is CCCC(=O)C(=O)[O-].CCCC(=O)C(=O)[O-].[Ti+2]. The third-order valence-electron chi connectivity index (χ3n) is 1.41. The van der Waals surface area contributed by atoms with Crippen molar-refractivity contribution >= 4 is 23.5 Å². The van der Waals surface area contributed by atoms with E-state index in [-0.39, 0.29) is 34.6 Å². The van der Waals surface area contributed by atoms with Crippen molar-refractivity contribution < 1.29 is 51.1 Å². The fraction of sp³-hybridized carbons (Fsp3) is 0.600. The molecular formula is C10H14O6Ti. The van der Waals surface area contributed by atoms with Crippen molar-refractivity contribution in [2.45, 2.75) is 39.5 Å². The molecule has 0 aromatic carbocycles. The molecule has 0 aromatic rings. The quantitative estimate of drug-likeness (QED) is 0.418. The molecule has 0 saturated heterocycles. The molecule has 0 N–H and O–H groups in total. The van der Waals surface area contributed by atoms with E-state index in [1.165, 1.54) is 0 Å². The second kappa shape index (κ2) is 13.1. The number of ketones is 2. The zero-order valence-corrected chi connectivity index (χ0v) is 11.3.